The zero-order chi connectivity index (χ0) is 13.5. The SMILES string of the molecule is Clc1ccc2sc(Nc3ccc4c(c3)CCC4)nc2c1. The van der Waals surface area contributed by atoms with Gasteiger partial charge in [-0.25, -0.2) is 4.98 Å². The number of anilines is 2. The first kappa shape index (κ1) is 12.2. The Labute approximate surface area is 126 Å². The standard InChI is InChI=1S/C16H13ClN2S/c17-12-5-7-15-14(9-12)19-16(20-15)18-13-6-4-10-2-1-3-11(10)8-13/h4-9H,1-3H2,(H,18,19). The molecule has 0 saturated carbocycles. The lowest BCUT2D eigenvalue weighted by atomic mass is 10.1. The molecule has 1 heterocycles. The van der Waals surface area contributed by atoms with E-state index in [0.29, 0.717) is 0 Å². The Hall–Kier alpha value is -1.58. The number of hydrogen-bond donors (Lipinski definition) is 1. The van der Waals surface area contributed by atoms with Crippen LogP contribution in [-0.2, 0) is 12.8 Å². The van der Waals surface area contributed by atoms with Gasteiger partial charge >= 0.3 is 0 Å². The lowest BCUT2D eigenvalue weighted by Gasteiger charge is -2.05. The molecule has 1 N–H and O–H groups in total. The maximum atomic E-state index is 6.00. The second-order valence-electron chi connectivity index (χ2n) is 5.09. The molecule has 0 unspecified atom stereocenters. The Kier molecular flexibility index (Phi) is 2.90. The molecule has 4 heteroatoms. The van der Waals surface area contributed by atoms with Crippen molar-refractivity contribution in [3.63, 3.8) is 0 Å². The number of hydrogen-bond acceptors (Lipinski definition) is 3. The fourth-order valence-corrected chi connectivity index (χ4v) is 3.76. The Balaban J connectivity index is 1.66. The average molecular weight is 301 g/mol. The van der Waals surface area contributed by atoms with Crippen molar-refractivity contribution in [3.05, 3.63) is 52.5 Å². The van der Waals surface area contributed by atoms with Gasteiger partial charge in [0.1, 0.15) is 0 Å². The number of fused-ring (bicyclic) bond motifs is 2. The van der Waals surface area contributed by atoms with Crippen LogP contribution in [0.2, 0.25) is 5.02 Å². The van der Waals surface area contributed by atoms with Crippen LogP contribution in [0.25, 0.3) is 10.2 Å². The number of nitrogens with one attached hydrogen (secondary N) is 1. The van der Waals surface area contributed by atoms with E-state index < -0.39 is 0 Å². The Morgan fingerprint density at radius 2 is 1.95 bits per heavy atom. The monoisotopic (exact) mass is 300 g/mol. The topological polar surface area (TPSA) is 24.9 Å². The van der Waals surface area contributed by atoms with Crippen LogP contribution in [0.4, 0.5) is 10.8 Å². The zero-order valence-corrected chi connectivity index (χ0v) is 12.4. The van der Waals surface area contributed by atoms with Gasteiger partial charge in [0.05, 0.1) is 10.2 Å². The van der Waals surface area contributed by atoms with Crippen molar-refractivity contribution >= 4 is 44.0 Å². The molecule has 1 aliphatic rings. The van der Waals surface area contributed by atoms with E-state index in [2.05, 4.69) is 28.5 Å². The number of aromatic nitrogens is 1. The Bertz CT molecular complexity index is 794. The van der Waals surface area contributed by atoms with E-state index in [1.54, 1.807) is 11.3 Å². The molecule has 4 rings (SSSR count). The van der Waals surface area contributed by atoms with E-state index in [1.807, 2.05) is 18.2 Å². The van der Waals surface area contributed by atoms with Crippen molar-refractivity contribution in [2.45, 2.75) is 19.3 Å². The average Bonchev–Trinajstić information content (AvgIpc) is 3.03. The molecule has 0 atom stereocenters. The number of aryl methyl sites for hydroxylation is 2. The van der Waals surface area contributed by atoms with Crippen molar-refractivity contribution in [1.29, 1.82) is 0 Å². The summed E-state index contributed by atoms with van der Waals surface area (Å²) in [7, 11) is 0. The van der Waals surface area contributed by atoms with Gasteiger partial charge < -0.3 is 5.32 Å². The second-order valence-corrected chi connectivity index (χ2v) is 6.56. The van der Waals surface area contributed by atoms with Crippen LogP contribution in [0.3, 0.4) is 0 Å². The molecule has 0 amide bonds. The number of benzene rings is 2. The summed E-state index contributed by atoms with van der Waals surface area (Å²) in [5.74, 6) is 0. The van der Waals surface area contributed by atoms with Crippen LogP contribution in [0, 0.1) is 0 Å². The lowest BCUT2D eigenvalue weighted by molar-refractivity contribution is 0.912. The van der Waals surface area contributed by atoms with Gasteiger partial charge in [0, 0.05) is 10.7 Å². The highest BCUT2D eigenvalue weighted by atomic mass is 35.5. The van der Waals surface area contributed by atoms with Crippen LogP contribution in [0.1, 0.15) is 17.5 Å². The summed E-state index contributed by atoms with van der Waals surface area (Å²) < 4.78 is 1.15. The Morgan fingerprint density at radius 3 is 2.90 bits per heavy atom. The van der Waals surface area contributed by atoms with Crippen molar-refractivity contribution in [1.82, 2.24) is 4.98 Å². The lowest BCUT2D eigenvalue weighted by Crippen LogP contribution is -1.91. The largest absolute Gasteiger partial charge is 0.332 e. The summed E-state index contributed by atoms with van der Waals surface area (Å²) in [5.41, 5.74) is 5.03. The molecule has 2 nitrogen and oxygen atoms in total. The second kappa shape index (κ2) is 4.76. The minimum Gasteiger partial charge on any atom is -0.332 e. The molecule has 0 aliphatic heterocycles. The molecule has 0 saturated heterocycles. The van der Waals surface area contributed by atoms with Crippen molar-refractivity contribution < 1.29 is 0 Å². The highest BCUT2D eigenvalue weighted by Crippen LogP contribution is 2.31. The first-order valence-corrected chi connectivity index (χ1v) is 7.92. The predicted octanol–water partition coefficient (Wildman–Crippen LogP) is 5.18. The van der Waals surface area contributed by atoms with Crippen LogP contribution in [0.15, 0.2) is 36.4 Å². The maximum absolute atomic E-state index is 6.00. The molecule has 20 heavy (non-hydrogen) atoms. The molecule has 2 aromatic carbocycles. The van der Waals surface area contributed by atoms with Gasteiger partial charge in [-0.3, -0.25) is 0 Å². The molecule has 3 aromatic rings. The molecule has 0 fully saturated rings. The molecule has 1 aromatic heterocycles. The summed E-state index contributed by atoms with van der Waals surface area (Å²) >= 11 is 7.65. The van der Waals surface area contributed by atoms with Crippen molar-refractivity contribution in [2.24, 2.45) is 0 Å². The van der Waals surface area contributed by atoms with E-state index in [-0.39, 0.29) is 0 Å². The first-order valence-electron chi connectivity index (χ1n) is 6.73. The summed E-state index contributed by atoms with van der Waals surface area (Å²) in [6, 6.07) is 12.4. The molecule has 0 radical (unpaired) electrons. The first-order chi connectivity index (χ1) is 9.78. The predicted molar refractivity (Wildman–Crippen MR) is 86.4 cm³/mol. The van der Waals surface area contributed by atoms with Gasteiger partial charge in [-0.2, -0.15) is 0 Å². The fourth-order valence-electron chi connectivity index (χ4n) is 2.73. The third-order valence-corrected chi connectivity index (χ3v) is 4.89. The highest BCUT2D eigenvalue weighted by molar-refractivity contribution is 7.22. The summed E-state index contributed by atoms with van der Waals surface area (Å²) in [5, 5.41) is 5.05. The minimum atomic E-state index is 0.729. The van der Waals surface area contributed by atoms with Gasteiger partial charge in [-0.05, 0) is 60.7 Å². The number of nitrogens with zero attached hydrogens (tertiary/aromatic N) is 1. The van der Waals surface area contributed by atoms with E-state index in [9.17, 15) is 0 Å². The minimum absolute atomic E-state index is 0.729. The van der Waals surface area contributed by atoms with Crippen molar-refractivity contribution in [3.8, 4) is 0 Å². The van der Waals surface area contributed by atoms with Crippen LogP contribution < -0.4 is 5.32 Å². The van der Waals surface area contributed by atoms with E-state index >= 15 is 0 Å². The molecule has 0 spiro atoms. The number of halogens is 1. The fraction of sp³-hybridized carbons (Fsp3) is 0.188. The number of rotatable bonds is 2. The Morgan fingerprint density at radius 1 is 1.05 bits per heavy atom. The smallest absolute Gasteiger partial charge is 0.188 e. The summed E-state index contributed by atoms with van der Waals surface area (Å²) in [6.07, 6.45) is 3.69. The van der Waals surface area contributed by atoms with Crippen LogP contribution in [-0.4, -0.2) is 4.98 Å². The third-order valence-electron chi connectivity index (χ3n) is 3.70. The van der Waals surface area contributed by atoms with Crippen molar-refractivity contribution in [2.75, 3.05) is 5.32 Å². The van der Waals surface area contributed by atoms with E-state index in [0.717, 1.165) is 26.1 Å². The van der Waals surface area contributed by atoms with Gasteiger partial charge in [0.2, 0.25) is 0 Å². The van der Waals surface area contributed by atoms with Gasteiger partial charge in [0.15, 0.2) is 5.13 Å². The normalized spacial score (nSPS) is 13.7. The number of thiazole rings is 1. The molecular formula is C16H13ClN2S. The van der Waals surface area contributed by atoms with Gasteiger partial charge in [-0.15, -0.1) is 0 Å². The van der Waals surface area contributed by atoms with E-state index in [4.69, 9.17) is 11.6 Å². The third kappa shape index (κ3) is 2.17. The van der Waals surface area contributed by atoms with Gasteiger partial charge in [0.25, 0.3) is 0 Å². The maximum Gasteiger partial charge on any atom is 0.188 e. The molecule has 0 bridgehead atoms. The van der Waals surface area contributed by atoms with E-state index in [1.165, 1.54) is 30.4 Å². The quantitative estimate of drug-likeness (QED) is 0.705. The van der Waals surface area contributed by atoms with Gasteiger partial charge in [-0.1, -0.05) is 29.0 Å². The van der Waals surface area contributed by atoms with Crippen LogP contribution in [0.5, 0.6) is 0 Å². The molecule has 100 valence electrons. The summed E-state index contributed by atoms with van der Waals surface area (Å²) in [6.45, 7) is 0. The highest BCUT2D eigenvalue weighted by Gasteiger charge is 2.11. The molecular weight excluding hydrogens is 288 g/mol. The molecule has 1 aliphatic carbocycles. The zero-order valence-electron chi connectivity index (χ0n) is 10.8. The van der Waals surface area contributed by atoms with Crippen LogP contribution >= 0.6 is 22.9 Å². The summed E-state index contributed by atoms with van der Waals surface area (Å²) in [4.78, 5) is 4.59.